The fourth-order valence-corrected chi connectivity index (χ4v) is 3.15. The summed E-state index contributed by atoms with van der Waals surface area (Å²) in [7, 11) is -0.565. The predicted octanol–water partition coefficient (Wildman–Crippen LogP) is 1.51. The first-order chi connectivity index (χ1) is 11.2. The Bertz CT molecular complexity index is 804. The summed E-state index contributed by atoms with van der Waals surface area (Å²) >= 11 is 0. The van der Waals surface area contributed by atoms with Crippen molar-refractivity contribution < 1.29 is 17.7 Å². The third kappa shape index (κ3) is 3.82. The van der Waals surface area contributed by atoms with Crippen LogP contribution in [0.1, 0.15) is 27.4 Å². The summed E-state index contributed by atoms with van der Waals surface area (Å²) in [5.41, 5.74) is 2.22. The molecule has 2 aromatic rings. The number of aryl methyl sites for hydroxylation is 2. The maximum Gasteiger partial charge on any atom is 0.251 e. The maximum absolute atomic E-state index is 12.1. The topological polar surface area (TPSA) is 92.5 Å². The van der Waals surface area contributed by atoms with Gasteiger partial charge in [-0.25, -0.2) is 12.7 Å². The number of carbonyl (C=O) groups is 1. The molecule has 0 spiro atoms. The second kappa shape index (κ2) is 7.14. The molecule has 1 aromatic heterocycles. The van der Waals surface area contributed by atoms with Gasteiger partial charge in [0.1, 0.15) is 5.76 Å². The molecule has 7 nitrogen and oxygen atoms in total. The molecule has 1 amide bonds. The van der Waals surface area contributed by atoms with Gasteiger partial charge in [-0.1, -0.05) is 5.16 Å². The van der Waals surface area contributed by atoms with Crippen LogP contribution in [0.3, 0.4) is 0 Å². The van der Waals surface area contributed by atoms with Crippen LogP contribution in [0, 0.1) is 13.8 Å². The number of nitrogens with zero attached hydrogens (tertiary/aromatic N) is 2. The van der Waals surface area contributed by atoms with Gasteiger partial charge in [0.05, 0.1) is 10.6 Å². The lowest BCUT2D eigenvalue weighted by Gasteiger charge is -2.11. The van der Waals surface area contributed by atoms with E-state index in [1.54, 1.807) is 0 Å². The van der Waals surface area contributed by atoms with E-state index in [1.807, 2.05) is 13.8 Å². The smallest absolute Gasteiger partial charge is 0.251 e. The predicted molar refractivity (Wildman–Crippen MR) is 89.3 cm³/mol. The van der Waals surface area contributed by atoms with Crippen LogP contribution in [0.2, 0.25) is 0 Å². The molecule has 0 fully saturated rings. The molecule has 0 aliphatic carbocycles. The molecule has 0 radical (unpaired) electrons. The summed E-state index contributed by atoms with van der Waals surface area (Å²) in [5.74, 6) is 0.496. The van der Waals surface area contributed by atoms with Gasteiger partial charge in [-0.2, -0.15) is 0 Å². The van der Waals surface area contributed by atoms with Crippen molar-refractivity contribution in [2.45, 2.75) is 25.2 Å². The molecule has 0 saturated heterocycles. The highest BCUT2D eigenvalue weighted by Crippen LogP contribution is 2.14. The van der Waals surface area contributed by atoms with Crippen molar-refractivity contribution >= 4 is 15.9 Å². The zero-order valence-electron chi connectivity index (χ0n) is 14.2. The Hall–Kier alpha value is -2.19. The Labute approximate surface area is 141 Å². The van der Waals surface area contributed by atoms with Gasteiger partial charge in [0, 0.05) is 31.8 Å². The summed E-state index contributed by atoms with van der Waals surface area (Å²) in [5, 5.41) is 6.67. The lowest BCUT2D eigenvalue weighted by atomic mass is 10.1. The molecule has 2 rings (SSSR count). The lowest BCUT2D eigenvalue weighted by Crippen LogP contribution is -2.26. The van der Waals surface area contributed by atoms with E-state index in [0.717, 1.165) is 21.3 Å². The van der Waals surface area contributed by atoms with Crippen LogP contribution in [-0.2, 0) is 16.4 Å². The van der Waals surface area contributed by atoms with Crippen molar-refractivity contribution in [3.8, 4) is 0 Å². The minimum absolute atomic E-state index is 0.153. The molecule has 0 unspecified atom stereocenters. The van der Waals surface area contributed by atoms with Crippen molar-refractivity contribution in [1.29, 1.82) is 0 Å². The van der Waals surface area contributed by atoms with E-state index < -0.39 is 10.0 Å². The minimum atomic E-state index is -3.49. The van der Waals surface area contributed by atoms with Gasteiger partial charge in [0.25, 0.3) is 5.91 Å². The third-order valence-corrected chi connectivity index (χ3v) is 5.57. The lowest BCUT2D eigenvalue weighted by molar-refractivity contribution is 0.0954. The number of aromatic nitrogens is 1. The number of nitrogens with one attached hydrogen (secondary N) is 1. The van der Waals surface area contributed by atoms with Crippen LogP contribution in [0.25, 0.3) is 0 Å². The molecular weight excluding hydrogens is 330 g/mol. The van der Waals surface area contributed by atoms with Crippen LogP contribution >= 0.6 is 0 Å². The molecule has 1 aromatic carbocycles. The van der Waals surface area contributed by atoms with Crippen LogP contribution < -0.4 is 5.32 Å². The quantitative estimate of drug-likeness (QED) is 0.852. The second-order valence-electron chi connectivity index (χ2n) is 5.62. The fourth-order valence-electron chi connectivity index (χ4n) is 2.25. The van der Waals surface area contributed by atoms with Crippen LogP contribution in [0.15, 0.2) is 33.7 Å². The fraction of sp³-hybridized carbons (Fsp3) is 0.375. The molecule has 0 aliphatic rings. The van der Waals surface area contributed by atoms with Crippen molar-refractivity contribution in [3.63, 3.8) is 0 Å². The summed E-state index contributed by atoms with van der Waals surface area (Å²) in [6.45, 7) is 4.14. The average Bonchev–Trinajstić information content (AvgIpc) is 2.86. The van der Waals surface area contributed by atoms with E-state index in [2.05, 4.69) is 10.5 Å². The number of sulfonamides is 1. The highest BCUT2D eigenvalue weighted by Gasteiger charge is 2.17. The first-order valence-electron chi connectivity index (χ1n) is 7.46. The van der Waals surface area contributed by atoms with Gasteiger partial charge >= 0.3 is 0 Å². The normalized spacial score (nSPS) is 11.7. The van der Waals surface area contributed by atoms with E-state index >= 15 is 0 Å². The first kappa shape index (κ1) is 18.2. The van der Waals surface area contributed by atoms with E-state index in [4.69, 9.17) is 4.52 Å². The van der Waals surface area contributed by atoms with Crippen LogP contribution in [-0.4, -0.2) is 44.4 Å². The van der Waals surface area contributed by atoms with E-state index in [0.29, 0.717) is 18.5 Å². The van der Waals surface area contributed by atoms with Crippen molar-refractivity contribution in [2.75, 3.05) is 20.6 Å². The summed E-state index contributed by atoms with van der Waals surface area (Å²) in [4.78, 5) is 12.3. The van der Waals surface area contributed by atoms with Crippen LogP contribution in [0.4, 0.5) is 0 Å². The number of hydrogen-bond donors (Lipinski definition) is 1. The zero-order valence-corrected chi connectivity index (χ0v) is 15.0. The van der Waals surface area contributed by atoms with Crippen molar-refractivity contribution in [1.82, 2.24) is 14.8 Å². The largest absolute Gasteiger partial charge is 0.361 e. The molecule has 130 valence electrons. The SMILES string of the molecule is Cc1noc(C)c1CCNC(=O)c1ccc(S(=O)(=O)N(C)C)cc1. The van der Waals surface area contributed by atoms with Crippen molar-refractivity contribution in [3.05, 3.63) is 46.8 Å². The van der Waals surface area contributed by atoms with Gasteiger partial charge in [0.15, 0.2) is 0 Å². The molecule has 0 bridgehead atoms. The highest BCUT2D eigenvalue weighted by molar-refractivity contribution is 7.89. The van der Waals surface area contributed by atoms with E-state index in [-0.39, 0.29) is 10.8 Å². The zero-order chi connectivity index (χ0) is 17.9. The molecule has 1 heterocycles. The van der Waals surface area contributed by atoms with E-state index in [9.17, 15) is 13.2 Å². The first-order valence-corrected chi connectivity index (χ1v) is 8.90. The molecule has 0 aliphatic heterocycles. The summed E-state index contributed by atoms with van der Waals surface area (Å²) < 4.78 is 30.2. The summed E-state index contributed by atoms with van der Waals surface area (Å²) in [6, 6.07) is 5.86. The Morgan fingerprint density at radius 3 is 2.33 bits per heavy atom. The molecule has 0 saturated carbocycles. The number of rotatable bonds is 6. The van der Waals surface area contributed by atoms with Gasteiger partial charge in [-0.3, -0.25) is 4.79 Å². The monoisotopic (exact) mass is 351 g/mol. The Morgan fingerprint density at radius 1 is 1.21 bits per heavy atom. The highest BCUT2D eigenvalue weighted by atomic mass is 32.2. The third-order valence-electron chi connectivity index (χ3n) is 3.74. The number of carbonyl (C=O) groups excluding carboxylic acids is 1. The Kier molecular flexibility index (Phi) is 5.40. The molecule has 1 N–H and O–H groups in total. The molecular formula is C16H21N3O4S. The van der Waals surface area contributed by atoms with Gasteiger partial charge in [-0.05, 0) is 44.5 Å². The Balaban J connectivity index is 1.98. The summed E-state index contributed by atoms with van der Waals surface area (Å²) in [6.07, 6.45) is 0.625. The van der Waals surface area contributed by atoms with Gasteiger partial charge in [-0.15, -0.1) is 0 Å². The van der Waals surface area contributed by atoms with Gasteiger partial charge in [0.2, 0.25) is 10.0 Å². The number of hydrogen-bond acceptors (Lipinski definition) is 5. The van der Waals surface area contributed by atoms with Crippen molar-refractivity contribution in [2.24, 2.45) is 0 Å². The second-order valence-corrected chi connectivity index (χ2v) is 7.77. The minimum Gasteiger partial charge on any atom is -0.361 e. The number of benzene rings is 1. The standard InChI is InChI=1S/C16H21N3O4S/c1-11-15(12(2)23-18-11)9-10-17-16(20)13-5-7-14(8-6-13)24(21,22)19(3)4/h5-8H,9-10H2,1-4H3,(H,17,20). The molecule has 24 heavy (non-hydrogen) atoms. The molecule has 8 heteroatoms. The average molecular weight is 351 g/mol. The molecule has 0 atom stereocenters. The van der Waals surface area contributed by atoms with Crippen LogP contribution in [0.5, 0.6) is 0 Å². The van der Waals surface area contributed by atoms with Gasteiger partial charge < -0.3 is 9.84 Å². The van der Waals surface area contributed by atoms with E-state index in [1.165, 1.54) is 38.4 Å². The Morgan fingerprint density at radius 2 is 1.83 bits per heavy atom. The maximum atomic E-state index is 12.1. The number of amides is 1.